The van der Waals surface area contributed by atoms with Crippen LogP contribution < -0.4 is 5.32 Å². The molecular weight excluding hydrogens is 334 g/mol. The van der Waals surface area contributed by atoms with Gasteiger partial charge in [-0.25, -0.2) is 0 Å². The highest BCUT2D eigenvalue weighted by Crippen LogP contribution is 2.23. The zero-order valence-corrected chi connectivity index (χ0v) is 16.3. The van der Waals surface area contributed by atoms with E-state index >= 15 is 0 Å². The van der Waals surface area contributed by atoms with Crippen molar-refractivity contribution in [3.05, 3.63) is 35.9 Å². The van der Waals surface area contributed by atoms with Crippen LogP contribution in [0.4, 0.5) is 0 Å². The number of rotatable bonds is 6. The first-order chi connectivity index (χ1) is 11.8. The monoisotopic (exact) mass is 363 g/mol. The van der Waals surface area contributed by atoms with Gasteiger partial charge in [-0.1, -0.05) is 51.1 Å². The van der Waals surface area contributed by atoms with Gasteiger partial charge in [0.25, 0.3) is 0 Å². The molecule has 2 rings (SSSR count). The molecule has 2 amide bonds. The molecule has 1 N–H and O–H groups in total. The number of carbonyl (C=O) groups excluding carboxylic acids is 2. The Hall–Kier alpha value is -1.53. The Morgan fingerprint density at radius 2 is 1.72 bits per heavy atom. The van der Waals surface area contributed by atoms with Gasteiger partial charge in [-0.2, -0.15) is 0 Å². The van der Waals surface area contributed by atoms with Gasteiger partial charge in [0, 0.05) is 37.5 Å². The minimum atomic E-state index is 0.0342. The standard InChI is InChI=1S/C19H29N3O2S/c1-19(2,3)25-15-18(24)22-11-9-21(10-12-22)14-17(23)20-13-16-7-5-4-6-8-16/h4-8H,9-15H2,1-3H3,(H,20,23). The first-order valence-electron chi connectivity index (χ1n) is 8.78. The van der Waals surface area contributed by atoms with Crippen molar-refractivity contribution in [3.63, 3.8) is 0 Å². The average molecular weight is 364 g/mol. The first kappa shape index (κ1) is 19.8. The minimum Gasteiger partial charge on any atom is -0.351 e. The van der Waals surface area contributed by atoms with E-state index in [1.807, 2.05) is 35.2 Å². The summed E-state index contributed by atoms with van der Waals surface area (Å²) in [6, 6.07) is 9.90. The predicted octanol–water partition coefficient (Wildman–Crippen LogP) is 1.98. The largest absolute Gasteiger partial charge is 0.351 e. The maximum absolute atomic E-state index is 12.2. The smallest absolute Gasteiger partial charge is 0.234 e. The summed E-state index contributed by atoms with van der Waals surface area (Å²) in [6.45, 7) is 10.2. The van der Waals surface area contributed by atoms with Gasteiger partial charge >= 0.3 is 0 Å². The molecule has 0 radical (unpaired) electrons. The number of hydrogen-bond donors (Lipinski definition) is 1. The predicted molar refractivity (Wildman–Crippen MR) is 104 cm³/mol. The molecule has 1 aliphatic rings. The Labute approximate surface area is 155 Å². The van der Waals surface area contributed by atoms with Gasteiger partial charge < -0.3 is 10.2 Å². The van der Waals surface area contributed by atoms with E-state index in [1.54, 1.807) is 11.8 Å². The molecule has 138 valence electrons. The second-order valence-electron chi connectivity index (χ2n) is 7.32. The molecule has 1 aromatic rings. The van der Waals surface area contributed by atoms with Gasteiger partial charge in [0.1, 0.15) is 0 Å². The van der Waals surface area contributed by atoms with Gasteiger partial charge in [-0.05, 0) is 5.56 Å². The summed E-state index contributed by atoms with van der Waals surface area (Å²) in [7, 11) is 0. The van der Waals surface area contributed by atoms with Crippen LogP contribution in [-0.4, -0.2) is 64.8 Å². The van der Waals surface area contributed by atoms with E-state index < -0.39 is 0 Å². The lowest BCUT2D eigenvalue weighted by Gasteiger charge is -2.34. The minimum absolute atomic E-state index is 0.0342. The van der Waals surface area contributed by atoms with E-state index in [0.29, 0.717) is 31.9 Å². The Kier molecular flexibility index (Phi) is 7.32. The summed E-state index contributed by atoms with van der Waals surface area (Å²) < 4.78 is 0.105. The number of piperazine rings is 1. The van der Waals surface area contributed by atoms with E-state index in [1.165, 1.54) is 0 Å². The number of nitrogens with one attached hydrogen (secondary N) is 1. The summed E-state index contributed by atoms with van der Waals surface area (Å²) in [6.07, 6.45) is 0. The van der Waals surface area contributed by atoms with E-state index in [4.69, 9.17) is 0 Å². The summed E-state index contributed by atoms with van der Waals surface area (Å²) in [5, 5.41) is 2.95. The molecule has 0 bridgehead atoms. The number of amides is 2. The fraction of sp³-hybridized carbons (Fsp3) is 0.579. The molecule has 0 aliphatic carbocycles. The van der Waals surface area contributed by atoms with Crippen LogP contribution in [0.25, 0.3) is 0 Å². The van der Waals surface area contributed by atoms with Crippen LogP contribution >= 0.6 is 11.8 Å². The normalized spacial score (nSPS) is 15.9. The second-order valence-corrected chi connectivity index (χ2v) is 9.12. The SMILES string of the molecule is CC(C)(C)SCC(=O)N1CCN(CC(=O)NCc2ccccc2)CC1. The van der Waals surface area contributed by atoms with Crippen molar-refractivity contribution in [2.24, 2.45) is 0 Å². The number of nitrogens with zero attached hydrogens (tertiary/aromatic N) is 2. The van der Waals surface area contributed by atoms with Crippen LogP contribution in [0.2, 0.25) is 0 Å². The third kappa shape index (κ3) is 7.48. The Balaban J connectivity index is 1.66. The summed E-state index contributed by atoms with van der Waals surface area (Å²) >= 11 is 1.68. The molecule has 1 fully saturated rings. The van der Waals surface area contributed by atoms with Crippen molar-refractivity contribution < 1.29 is 9.59 Å². The van der Waals surface area contributed by atoms with Crippen LogP contribution in [0.15, 0.2) is 30.3 Å². The third-order valence-electron chi connectivity index (χ3n) is 4.05. The lowest BCUT2D eigenvalue weighted by Crippen LogP contribution is -2.51. The second kappa shape index (κ2) is 9.25. The van der Waals surface area contributed by atoms with Crippen molar-refractivity contribution >= 4 is 23.6 Å². The topological polar surface area (TPSA) is 52.7 Å². The first-order valence-corrected chi connectivity index (χ1v) is 9.77. The molecule has 1 saturated heterocycles. The molecule has 0 atom stereocenters. The molecule has 0 spiro atoms. The lowest BCUT2D eigenvalue weighted by molar-refractivity contribution is -0.130. The Morgan fingerprint density at radius 3 is 2.32 bits per heavy atom. The van der Waals surface area contributed by atoms with Gasteiger partial charge in [0.15, 0.2) is 0 Å². The molecule has 25 heavy (non-hydrogen) atoms. The van der Waals surface area contributed by atoms with E-state index in [9.17, 15) is 9.59 Å². The van der Waals surface area contributed by atoms with E-state index in [0.717, 1.165) is 18.7 Å². The summed E-state index contributed by atoms with van der Waals surface area (Å²) in [5.74, 6) is 0.765. The highest BCUT2D eigenvalue weighted by Gasteiger charge is 2.23. The van der Waals surface area contributed by atoms with Crippen LogP contribution in [0.1, 0.15) is 26.3 Å². The van der Waals surface area contributed by atoms with Crippen LogP contribution in [0, 0.1) is 0 Å². The van der Waals surface area contributed by atoms with Crippen molar-refractivity contribution in [2.75, 3.05) is 38.5 Å². The molecule has 5 nitrogen and oxygen atoms in total. The molecular formula is C19H29N3O2S. The number of benzene rings is 1. The van der Waals surface area contributed by atoms with Crippen LogP contribution in [-0.2, 0) is 16.1 Å². The molecule has 1 aromatic carbocycles. The Bertz CT molecular complexity index is 564. The molecule has 1 aliphatic heterocycles. The van der Waals surface area contributed by atoms with Crippen LogP contribution in [0.5, 0.6) is 0 Å². The van der Waals surface area contributed by atoms with Crippen LogP contribution in [0.3, 0.4) is 0 Å². The lowest BCUT2D eigenvalue weighted by atomic mass is 10.2. The van der Waals surface area contributed by atoms with Gasteiger partial charge in [-0.3, -0.25) is 14.5 Å². The molecule has 1 heterocycles. The number of hydrogen-bond acceptors (Lipinski definition) is 4. The average Bonchev–Trinajstić information content (AvgIpc) is 2.59. The Morgan fingerprint density at radius 1 is 1.08 bits per heavy atom. The summed E-state index contributed by atoms with van der Waals surface area (Å²) in [5.41, 5.74) is 1.10. The highest BCUT2D eigenvalue weighted by molar-refractivity contribution is 8.01. The summed E-state index contributed by atoms with van der Waals surface area (Å²) in [4.78, 5) is 28.3. The maximum Gasteiger partial charge on any atom is 0.234 e. The zero-order valence-electron chi connectivity index (χ0n) is 15.5. The third-order valence-corrected chi connectivity index (χ3v) is 5.31. The fourth-order valence-electron chi connectivity index (χ4n) is 2.58. The number of carbonyl (C=O) groups is 2. The molecule has 0 aromatic heterocycles. The van der Waals surface area contributed by atoms with E-state index in [-0.39, 0.29) is 16.6 Å². The van der Waals surface area contributed by atoms with Crippen molar-refractivity contribution in [3.8, 4) is 0 Å². The van der Waals surface area contributed by atoms with Gasteiger partial charge in [0.05, 0.1) is 12.3 Å². The highest BCUT2D eigenvalue weighted by atomic mass is 32.2. The van der Waals surface area contributed by atoms with E-state index in [2.05, 4.69) is 31.0 Å². The fourth-order valence-corrected chi connectivity index (χ4v) is 3.32. The van der Waals surface area contributed by atoms with Crippen molar-refractivity contribution in [1.29, 1.82) is 0 Å². The number of thioether (sulfide) groups is 1. The quantitative estimate of drug-likeness (QED) is 0.840. The van der Waals surface area contributed by atoms with Crippen molar-refractivity contribution in [2.45, 2.75) is 32.1 Å². The zero-order chi connectivity index (χ0) is 18.3. The van der Waals surface area contributed by atoms with Gasteiger partial charge in [-0.15, -0.1) is 11.8 Å². The van der Waals surface area contributed by atoms with Gasteiger partial charge in [0.2, 0.25) is 11.8 Å². The molecule has 0 unspecified atom stereocenters. The maximum atomic E-state index is 12.2. The molecule has 0 saturated carbocycles. The molecule has 6 heteroatoms. The van der Waals surface area contributed by atoms with Crippen molar-refractivity contribution in [1.82, 2.24) is 15.1 Å².